The molecule has 1 aliphatic heterocycles. The number of rotatable bonds is 4. The van der Waals surface area contributed by atoms with Crippen molar-refractivity contribution in [3.63, 3.8) is 0 Å². The lowest BCUT2D eigenvalue weighted by Gasteiger charge is -2.11. The molecule has 0 radical (unpaired) electrons. The van der Waals surface area contributed by atoms with Crippen LogP contribution in [0.1, 0.15) is 23.3 Å². The first-order chi connectivity index (χ1) is 16.5. The number of nitrogens with zero attached hydrogens (tertiary/aromatic N) is 3. The first kappa shape index (κ1) is 26.4. The van der Waals surface area contributed by atoms with Crippen LogP contribution in [0.5, 0.6) is 5.75 Å². The number of alkyl halides is 4. The van der Waals surface area contributed by atoms with Crippen LogP contribution in [0.2, 0.25) is 0 Å². The third-order valence-electron chi connectivity index (χ3n) is 4.74. The van der Waals surface area contributed by atoms with E-state index in [0.717, 1.165) is 30.2 Å². The third kappa shape index (κ3) is 7.63. The molecule has 2 aromatic heterocycles. The van der Waals surface area contributed by atoms with E-state index < -0.39 is 24.2 Å². The number of hydrogen-bond donors (Lipinski definition) is 3. The van der Waals surface area contributed by atoms with Crippen LogP contribution in [-0.2, 0) is 11.8 Å². The number of ether oxygens (including phenoxy) is 2. The van der Waals surface area contributed by atoms with Crippen molar-refractivity contribution in [2.45, 2.75) is 31.4 Å². The molecule has 9 nitrogen and oxygen atoms in total. The number of carbonyl (C=O) groups is 1. The van der Waals surface area contributed by atoms with Crippen LogP contribution >= 0.6 is 11.3 Å². The zero-order valence-electron chi connectivity index (χ0n) is 18.6. The number of anilines is 2. The first-order valence-electron chi connectivity index (χ1n) is 10.4. The molecule has 5 N–H and O–H groups in total. The number of nitrogens with one attached hydrogen (secondary N) is 1. The van der Waals surface area contributed by atoms with E-state index in [-0.39, 0.29) is 33.9 Å². The minimum Gasteiger partial charge on any atom is -0.405 e. The summed E-state index contributed by atoms with van der Waals surface area (Å²) in [4.78, 5) is 16.4. The molecule has 2 atom stereocenters. The molecule has 1 saturated heterocycles. The van der Waals surface area contributed by atoms with E-state index in [0.29, 0.717) is 12.3 Å². The highest BCUT2D eigenvalue weighted by Crippen LogP contribution is 2.38. The van der Waals surface area contributed by atoms with E-state index in [9.17, 15) is 22.4 Å². The van der Waals surface area contributed by atoms with Gasteiger partial charge in [-0.15, -0.1) is 13.2 Å². The van der Waals surface area contributed by atoms with Gasteiger partial charge in [0.2, 0.25) is 0 Å². The molecule has 14 heteroatoms. The minimum atomic E-state index is -4.85. The Hall–Kier alpha value is -3.23. The summed E-state index contributed by atoms with van der Waals surface area (Å²) in [6.45, 7) is 0.843. The smallest absolute Gasteiger partial charge is 0.405 e. The largest absolute Gasteiger partial charge is 0.573 e. The maximum atomic E-state index is 12.6. The predicted octanol–water partition coefficient (Wildman–Crippen LogP) is 3.74. The molecule has 0 saturated carbocycles. The molecule has 3 aromatic rings. The summed E-state index contributed by atoms with van der Waals surface area (Å²) in [5.74, 6) is -1.01. The number of aryl methyl sites for hydroxylation is 1. The number of amides is 1. The molecule has 1 aliphatic rings. The van der Waals surface area contributed by atoms with Crippen LogP contribution in [0.25, 0.3) is 10.6 Å². The van der Waals surface area contributed by atoms with E-state index in [4.69, 9.17) is 16.2 Å². The molecule has 1 amide bonds. The van der Waals surface area contributed by atoms with Crippen molar-refractivity contribution in [3.05, 3.63) is 42.4 Å². The number of nitrogen functional groups attached to an aromatic ring is 1. The Morgan fingerprint density at radius 2 is 2.09 bits per heavy atom. The van der Waals surface area contributed by atoms with Crippen molar-refractivity contribution in [2.24, 2.45) is 12.8 Å². The molecule has 1 fully saturated rings. The lowest BCUT2D eigenvalue weighted by atomic mass is 10.1. The van der Waals surface area contributed by atoms with Gasteiger partial charge in [0.25, 0.3) is 5.91 Å². The normalized spacial score (nSPS) is 18.2. The number of hydrogen-bond acceptors (Lipinski definition) is 8. The second-order valence-electron chi connectivity index (χ2n) is 7.53. The SMILES string of the molecule is Cn1cc(NC(=O)c2nc(-c3ccccc3OC(F)(F)F)sc2N)cn1.NC1CCCOCC1F. The van der Waals surface area contributed by atoms with Crippen molar-refractivity contribution in [1.82, 2.24) is 14.8 Å². The van der Waals surface area contributed by atoms with Crippen molar-refractivity contribution in [1.29, 1.82) is 0 Å². The second-order valence-corrected chi connectivity index (χ2v) is 8.56. The fourth-order valence-corrected chi connectivity index (χ4v) is 3.92. The van der Waals surface area contributed by atoms with Gasteiger partial charge in [0, 0.05) is 25.9 Å². The van der Waals surface area contributed by atoms with Gasteiger partial charge < -0.3 is 26.3 Å². The van der Waals surface area contributed by atoms with Gasteiger partial charge in [-0.2, -0.15) is 5.10 Å². The number of halogens is 4. The van der Waals surface area contributed by atoms with E-state index >= 15 is 0 Å². The lowest BCUT2D eigenvalue weighted by molar-refractivity contribution is -0.274. The Labute approximate surface area is 202 Å². The Morgan fingerprint density at radius 1 is 1.34 bits per heavy atom. The monoisotopic (exact) mass is 516 g/mol. The zero-order chi connectivity index (χ0) is 25.6. The summed E-state index contributed by atoms with van der Waals surface area (Å²) in [6.07, 6.45) is -1.14. The van der Waals surface area contributed by atoms with E-state index in [2.05, 4.69) is 20.1 Å². The van der Waals surface area contributed by atoms with Gasteiger partial charge >= 0.3 is 6.36 Å². The maximum absolute atomic E-state index is 12.6. The standard InChI is InChI=1S/C15H12F3N5O2S.C6H12FNO/c1-23-7-8(6-20-23)21-13(24)11-12(19)26-14(22-11)9-4-2-3-5-10(9)25-15(16,17)18;7-5-4-9-3-1-2-6(5)8/h2-7H,19H2,1H3,(H,21,24);5-6H,1-4,8H2. The second kappa shape index (κ2) is 11.5. The molecule has 4 rings (SSSR count). The number of carbonyl (C=O) groups excluding carboxylic acids is 1. The van der Waals surface area contributed by atoms with Crippen LogP contribution in [0.4, 0.5) is 28.3 Å². The van der Waals surface area contributed by atoms with Gasteiger partial charge in [0.05, 0.1) is 24.1 Å². The Morgan fingerprint density at radius 3 is 2.77 bits per heavy atom. The van der Waals surface area contributed by atoms with E-state index in [1.165, 1.54) is 29.1 Å². The number of benzene rings is 1. The zero-order valence-corrected chi connectivity index (χ0v) is 19.4. The topological polar surface area (TPSA) is 130 Å². The van der Waals surface area contributed by atoms with Crippen molar-refractivity contribution >= 4 is 27.9 Å². The number of thiazole rings is 1. The van der Waals surface area contributed by atoms with Crippen LogP contribution in [0, 0.1) is 0 Å². The van der Waals surface area contributed by atoms with Gasteiger partial charge in [-0.25, -0.2) is 9.37 Å². The molecule has 35 heavy (non-hydrogen) atoms. The molecule has 0 bridgehead atoms. The fourth-order valence-electron chi connectivity index (χ4n) is 3.06. The van der Waals surface area contributed by atoms with Gasteiger partial charge in [0.15, 0.2) is 5.69 Å². The summed E-state index contributed by atoms with van der Waals surface area (Å²) >= 11 is 0.889. The van der Waals surface area contributed by atoms with Crippen LogP contribution in [0.15, 0.2) is 36.7 Å². The Balaban J connectivity index is 0.000000320. The summed E-state index contributed by atoms with van der Waals surface area (Å²) in [6, 6.07) is 5.20. The molecular formula is C21H24F4N6O3S. The average molecular weight is 517 g/mol. The molecule has 3 heterocycles. The highest BCUT2D eigenvalue weighted by Gasteiger charge is 2.32. The summed E-state index contributed by atoms with van der Waals surface area (Å²) in [5, 5.41) is 6.69. The number of para-hydroxylation sites is 1. The quantitative estimate of drug-likeness (QED) is 0.451. The summed E-state index contributed by atoms with van der Waals surface area (Å²) in [5.41, 5.74) is 11.7. The van der Waals surface area contributed by atoms with Crippen molar-refractivity contribution < 1.29 is 31.8 Å². The van der Waals surface area contributed by atoms with Crippen molar-refractivity contribution in [3.8, 4) is 16.3 Å². The first-order valence-corrected chi connectivity index (χ1v) is 11.2. The lowest BCUT2D eigenvalue weighted by Crippen LogP contribution is -2.32. The highest BCUT2D eigenvalue weighted by molar-refractivity contribution is 7.19. The van der Waals surface area contributed by atoms with Crippen LogP contribution in [0.3, 0.4) is 0 Å². The molecule has 2 unspecified atom stereocenters. The van der Waals surface area contributed by atoms with E-state index in [1.807, 2.05) is 0 Å². The number of nitrogens with two attached hydrogens (primary N) is 2. The predicted molar refractivity (Wildman–Crippen MR) is 123 cm³/mol. The van der Waals surface area contributed by atoms with Crippen LogP contribution in [-0.4, -0.2) is 52.5 Å². The van der Waals surface area contributed by atoms with Gasteiger partial charge in [-0.05, 0) is 25.0 Å². The van der Waals surface area contributed by atoms with Gasteiger partial charge in [0.1, 0.15) is 21.9 Å². The van der Waals surface area contributed by atoms with Crippen molar-refractivity contribution in [2.75, 3.05) is 24.3 Å². The summed E-state index contributed by atoms with van der Waals surface area (Å²) < 4.78 is 60.7. The Kier molecular flexibility index (Phi) is 8.64. The fraction of sp³-hybridized carbons (Fsp3) is 0.381. The Bertz CT molecular complexity index is 1130. The number of aromatic nitrogens is 3. The van der Waals surface area contributed by atoms with Crippen LogP contribution < -0.4 is 21.5 Å². The van der Waals surface area contributed by atoms with Gasteiger partial charge in [-0.1, -0.05) is 23.5 Å². The van der Waals surface area contributed by atoms with Gasteiger partial charge in [-0.3, -0.25) is 9.48 Å². The third-order valence-corrected chi connectivity index (χ3v) is 5.66. The molecule has 1 aromatic carbocycles. The minimum absolute atomic E-state index is 0.0724. The molecular weight excluding hydrogens is 492 g/mol. The summed E-state index contributed by atoms with van der Waals surface area (Å²) in [7, 11) is 1.68. The maximum Gasteiger partial charge on any atom is 0.573 e. The average Bonchev–Trinajstić information content (AvgIpc) is 3.32. The molecule has 0 spiro atoms. The molecule has 190 valence electrons. The highest BCUT2D eigenvalue weighted by atomic mass is 32.1. The van der Waals surface area contributed by atoms with E-state index in [1.54, 1.807) is 13.2 Å². The molecule has 0 aliphatic carbocycles.